The van der Waals surface area contributed by atoms with E-state index in [2.05, 4.69) is 28.3 Å². The van der Waals surface area contributed by atoms with Crippen molar-refractivity contribution in [3.63, 3.8) is 0 Å². The summed E-state index contributed by atoms with van der Waals surface area (Å²) < 4.78 is 0. The Morgan fingerprint density at radius 1 is 0.808 bits per heavy atom. The summed E-state index contributed by atoms with van der Waals surface area (Å²) in [4.78, 5) is 4.98. The Morgan fingerprint density at radius 2 is 1.23 bits per heavy atom. The van der Waals surface area contributed by atoms with Crippen molar-refractivity contribution in [2.75, 3.05) is 59.0 Å². The fourth-order valence-corrected chi connectivity index (χ4v) is 2.94. The average molecular weight is 378 g/mol. The fraction of sp³-hybridized carbons (Fsp3) is 0.905. The maximum atomic E-state index is 8.90. The number of aliphatic hydroxyl groups is 1. The number of rotatable bonds is 5. The van der Waals surface area contributed by atoms with Crippen LogP contribution in [-0.4, -0.2) is 79.3 Å². The van der Waals surface area contributed by atoms with Gasteiger partial charge >= 0.3 is 0 Å². The van der Waals surface area contributed by atoms with Crippen LogP contribution in [0.3, 0.4) is 0 Å². The molecule has 0 saturated carbocycles. The molecule has 0 atom stereocenters. The van der Waals surface area contributed by atoms with Crippen LogP contribution in [0.4, 0.5) is 0 Å². The number of piperazine rings is 1. The van der Waals surface area contributed by atoms with Gasteiger partial charge in [0.2, 0.25) is 0 Å². The molecule has 5 heteroatoms. The lowest BCUT2D eigenvalue weighted by Crippen LogP contribution is -2.44. The van der Waals surface area contributed by atoms with Crippen molar-refractivity contribution in [1.29, 1.82) is 0 Å². The number of aliphatic hydroxyl groups excluding tert-OH is 1. The van der Waals surface area contributed by atoms with Crippen molar-refractivity contribution in [3.05, 3.63) is 13.2 Å². The zero-order chi connectivity index (χ0) is 19.9. The van der Waals surface area contributed by atoms with E-state index in [1.807, 2.05) is 41.5 Å². The second-order valence-electron chi connectivity index (χ2n) is 5.39. The van der Waals surface area contributed by atoms with E-state index in [4.69, 9.17) is 5.11 Å². The van der Waals surface area contributed by atoms with E-state index in [9.17, 15) is 0 Å². The molecule has 0 aliphatic carbocycles. The van der Waals surface area contributed by atoms with Crippen LogP contribution >= 0.6 is 0 Å². The van der Waals surface area contributed by atoms with Crippen molar-refractivity contribution >= 4 is 0 Å². The van der Waals surface area contributed by atoms with E-state index in [-0.39, 0.29) is 5.48 Å². The zero-order valence-corrected chi connectivity index (χ0v) is 18.8. The number of nitrogens with one attached hydrogen (secondary N) is 1. The molecule has 0 bridgehead atoms. The van der Waals surface area contributed by atoms with Crippen molar-refractivity contribution in [2.24, 2.45) is 5.92 Å². The van der Waals surface area contributed by atoms with Crippen molar-refractivity contribution in [3.8, 4) is 0 Å². The van der Waals surface area contributed by atoms with Gasteiger partial charge in [0.25, 0.3) is 0 Å². The highest BCUT2D eigenvalue weighted by Crippen LogP contribution is 2.20. The zero-order valence-electron chi connectivity index (χ0n) is 18.8. The van der Waals surface area contributed by atoms with E-state index in [1.54, 1.807) is 0 Å². The van der Waals surface area contributed by atoms with Crippen molar-refractivity contribution < 1.29 is 10.6 Å². The fourth-order valence-electron chi connectivity index (χ4n) is 2.94. The van der Waals surface area contributed by atoms with Crippen LogP contribution < -0.4 is 5.32 Å². The molecule has 2 rings (SSSR count). The summed E-state index contributed by atoms with van der Waals surface area (Å²) in [5, 5.41) is 12.3. The highest BCUT2D eigenvalue weighted by molar-refractivity contribution is 4.75. The minimum atomic E-state index is 0. The van der Waals surface area contributed by atoms with Gasteiger partial charge in [-0.1, -0.05) is 41.5 Å². The highest BCUT2D eigenvalue weighted by atomic mass is 16.3. The summed E-state index contributed by atoms with van der Waals surface area (Å²) in [6.07, 6.45) is 4.02. The van der Waals surface area contributed by atoms with Crippen LogP contribution in [0.1, 0.15) is 60.8 Å². The number of nitrogens with zero attached hydrogens (tertiary/aromatic N) is 2. The minimum absolute atomic E-state index is 0. The Balaban J connectivity index is -0.000000238. The first kappa shape index (κ1) is 33.1. The molecule has 2 fully saturated rings. The van der Waals surface area contributed by atoms with Gasteiger partial charge in [0.1, 0.15) is 0 Å². The molecule has 0 amide bonds. The first-order valence-corrected chi connectivity index (χ1v) is 10.6. The Kier molecular flexibility index (Phi) is 37.4. The normalized spacial score (nSPS) is 17.3. The molecule has 4 N–H and O–H groups in total. The van der Waals surface area contributed by atoms with Gasteiger partial charge in [-0.3, -0.25) is 0 Å². The summed E-state index contributed by atoms with van der Waals surface area (Å²) >= 11 is 0. The summed E-state index contributed by atoms with van der Waals surface area (Å²) in [6, 6.07) is 0. The maximum absolute atomic E-state index is 8.90. The molecule has 0 aromatic rings. The molecular weight excluding hydrogens is 326 g/mol. The minimum Gasteiger partial charge on any atom is -0.412 e. The molecule has 26 heavy (non-hydrogen) atoms. The van der Waals surface area contributed by atoms with Gasteiger partial charge < -0.3 is 25.7 Å². The Hall–Kier alpha value is -0.460. The van der Waals surface area contributed by atoms with Gasteiger partial charge in [-0.2, -0.15) is 0 Å². The largest absolute Gasteiger partial charge is 0.412 e. The van der Waals surface area contributed by atoms with Crippen LogP contribution in [0, 0.1) is 5.92 Å². The maximum Gasteiger partial charge on any atom is 0.0558 e. The standard InChI is InChI=1S/C13H27N3O.3C2H6.C2H4.H2O/c17-12-11-15-6-1-13(2-7-15)3-8-16-9-4-14-5-10-16;4*1-2;/h13-14,17H,1-12H2;3*1-2H3;1-2H2;1H2. The van der Waals surface area contributed by atoms with Crippen LogP contribution in [0.2, 0.25) is 0 Å². The third-order valence-corrected chi connectivity index (χ3v) is 4.19. The molecule has 2 saturated heterocycles. The first-order chi connectivity index (χ1) is 12.4. The van der Waals surface area contributed by atoms with E-state index >= 15 is 0 Å². The molecule has 0 aromatic carbocycles. The molecule has 162 valence electrons. The molecule has 0 spiro atoms. The van der Waals surface area contributed by atoms with E-state index in [0.29, 0.717) is 6.61 Å². The number of piperidine rings is 1. The van der Waals surface area contributed by atoms with Crippen molar-refractivity contribution in [1.82, 2.24) is 15.1 Å². The number of hydrogen-bond donors (Lipinski definition) is 2. The smallest absolute Gasteiger partial charge is 0.0558 e. The highest BCUT2D eigenvalue weighted by Gasteiger charge is 2.19. The van der Waals surface area contributed by atoms with Gasteiger partial charge in [0.05, 0.1) is 6.61 Å². The molecule has 2 heterocycles. The van der Waals surface area contributed by atoms with Crippen LogP contribution in [0.25, 0.3) is 0 Å². The lowest BCUT2D eigenvalue weighted by Gasteiger charge is -2.33. The van der Waals surface area contributed by atoms with Gasteiger partial charge in [-0.15, -0.1) is 13.2 Å². The molecular formula is C21H51N3O2. The second-order valence-corrected chi connectivity index (χ2v) is 5.39. The Bertz CT molecular complexity index is 217. The van der Waals surface area contributed by atoms with E-state index in [1.165, 1.54) is 52.0 Å². The monoisotopic (exact) mass is 377 g/mol. The summed E-state index contributed by atoms with van der Waals surface area (Å²) in [7, 11) is 0. The van der Waals surface area contributed by atoms with Crippen LogP contribution in [0.5, 0.6) is 0 Å². The predicted octanol–water partition coefficient (Wildman–Crippen LogP) is 3.04. The second kappa shape index (κ2) is 29.3. The molecule has 0 radical (unpaired) electrons. The van der Waals surface area contributed by atoms with Crippen molar-refractivity contribution in [2.45, 2.75) is 60.8 Å². The number of likely N-dealkylation sites (tertiary alicyclic amines) is 1. The molecule has 0 unspecified atom stereocenters. The quantitative estimate of drug-likeness (QED) is 0.723. The van der Waals surface area contributed by atoms with E-state index < -0.39 is 0 Å². The van der Waals surface area contributed by atoms with Gasteiger partial charge in [-0.25, -0.2) is 0 Å². The lowest BCUT2D eigenvalue weighted by atomic mass is 9.93. The third kappa shape index (κ3) is 18.3. The SMILES string of the molecule is C=C.CC.CC.CC.O.OCCN1CCC(CCN2CCNCC2)CC1. The molecule has 2 aliphatic rings. The predicted molar refractivity (Wildman–Crippen MR) is 119 cm³/mol. The topological polar surface area (TPSA) is 70.2 Å². The van der Waals surface area contributed by atoms with Crippen LogP contribution in [0.15, 0.2) is 13.2 Å². The Morgan fingerprint density at radius 3 is 1.65 bits per heavy atom. The Labute approximate surface area is 165 Å². The first-order valence-electron chi connectivity index (χ1n) is 10.6. The molecule has 5 nitrogen and oxygen atoms in total. The van der Waals surface area contributed by atoms with Gasteiger partial charge in [-0.05, 0) is 44.8 Å². The van der Waals surface area contributed by atoms with Gasteiger partial charge in [0.15, 0.2) is 0 Å². The third-order valence-electron chi connectivity index (χ3n) is 4.19. The molecule has 2 aliphatic heterocycles. The lowest BCUT2D eigenvalue weighted by molar-refractivity contribution is 0.135. The molecule has 0 aromatic heterocycles. The summed E-state index contributed by atoms with van der Waals surface area (Å²) in [6.45, 7) is 27.6. The average Bonchev–Trinajstić information content (AvgIpc) is 2.74. The number of hydrogen-bond acceptors (Lipinski definition) is 4. The van der Waals surface area contributed by atoms with E-state index in [0.717, 1.165) is 25.6 Å². The van der Waals surface area contributed by atoms with Gasteiger partial charge in [0, 0.05) is 32.7 Å². The summed E-state index contributed by atoms with van der Waals surface area (Å²) in [5.41, 5.74) is 0. The summed E-state index contributed by atoms with van der Waals surface area (Å²) in [5.74, 6) is 0.917. The number of β-amino-alcohol motifs (C(OH)–C–C–N with tert-alkyl or cyclic N) is 1. The van der Waals surface area contributed by atoms with Crippen LogP contribution in [-0.2, 0) is 0 Å².